The summed E-state index contributed by atoms with van der Waals surface area (Å²) in [6.07, 6.45) is 5.68. The Labute approximate surface area is 336 Å². The number of aryl methyl sites for hydroxylation is 1. The minimum absolute atomic E-state index is 0.00158. The monoisotopic (exact) mass is 749 g/mol. The molecule has 294 valence electrons. The first-order valence-corrected chi connectivity index (χ1v) is 20.6. The average molecular weight is 749 g/mol. The lowest BCUT2D eigenvalue weighted by Crippen LogP contribution is -2.36. The smallest absolute Gasteiger partial charge is 0.137 e. The first-order valence-electron chi connectivity index (χ1n) is 20.6. The van der Waals surface area contributed by atoms with Gasteiger partial charge in [0.25, 0.3) is 0 Å². The Bertz CT molecular complexity index is 2460. The maximum Gasteiger partial charge on any atom is 0.137 e. The van der Waals surface area contributed by atoms with Crippen LogP contribution in [0, 0.1) is 36.5 Å². The third-order valence-electron chi connectivity index (χ3n) is 12.2. The van der Waals surface area contributed by atoms with E-state index in [1.807, 2.05) is 6.20 Å². The van der Waals surface area contributed by atoms with Gasteiger partial charge in [0.2, 0.25) is 0 Å². The zero-order valence-electron chi connectivity index (χ0n) is 36.7. The van der Waals surface area contributed by atoms with E-state index >= 15 is 0 Å². The molecule has 0 aliphatic heterocycles. The Balaban J connectivity index is 1.35. The SMILES string of the molecule is Cc1nn(-c2cc(Oc3ccc4c5ccccc5n(-c5cc(C(C)(C)C)ccn5)c4c3)cc(C(C)(C)C)c2)c(C)c1C1C(C(C)(C)C)=C[C@H](C)C[C@@H]1C(C)(C)C. The first kappa shape index (κ1) is 39.6. The summed E-state index contributed by atoms with van der Waals surface area (Å²) in [7, 11) is 0. The first-order chi connectivity index (χ1) is 26.0. The molecule has 1 aliphatic carbocycles. The van der Waals surface area contributed by atoms with Crippen molar-refractivity contribution in [2.75, 3.05) is 0 Å². The van der Waals surface area contributed by atoms with Gasteiger partial charge in [-0.1, -0.05) is 120 Å². The Kier molecular flexibility index (Phi) is 9.74. The van der Waals surface area contributed by atoms with Gasteiger partial charge in [0.1, 0.15) is 17.3 Å². The van der Waals surface area contributed by atoms with E-state index in [1.54, 1.807) is 5.57 Å². The number of para-hydroxylation sites is 1. The highest BCUT2D eigenvalue weighted by Crippen LogP contribution is 2.54. The maximum atomic E-state index is 6.89. The molecule has 3 atom stereocenters. The van der Waals surface area contributed by atoms with Crippen molar-refractivity contribution >= 4 is 21.8 Å². The number of fused-ring (bicyclic) bond motifs is 3. The van der Waals surface area contributed by atoms with E-state index < -0.39 is 0 Å². The van der Waals surface area contributed by atoms with Gasteiger partial charge >= 0.3 is 0 Å². The Morgan fingerprint density at radius 2 is 1.36 bits per heavy atom. The minimum Gasteiger partial charge on any atom is -0.457 e. The summed E-state index contributed by atoms with van der Waals surface area (Å²) in [4.78, 5) is 4.89. The van der Waals surface area contributed by atoms with Gasteiger partial charge in [-0.2, -0.15) is 5.10 Å². The summed E-state index contributed by atoms with van der Waals surface area (Å²) in [5.41, 5.74) is 11.0. The van der Waals surface area contributed by atoms with Gasteiger partial charge in [0, 0.05) is 46.3 Å². The lowest BCUT2D eigenvalue weighted by Gasteiger charge is -2.46. The van der Waals surface area contributed by atoms with Gasteiger partial charge in [-0.3, -0.25) is 4.57 Å². The largest absolute Gasteiger partial charge is 0.457 e. The molecule has 0 spiro atoms. The van der Waals surface area contributed by atoms with Crippen molar-refractivity contribution in [1.82, 2.24) is 19.3 Å². The fourth-order valence-corrected chi connectivity index (χ4v) is 9.12. The van der Waals surface area contributed by atoms with E-state index in [4.69, 9.17) is 14.8 Å². The summed E-state index contributed by atoms with van der Waals surface area (Å²) in [6, 6.07) is 26.1. The van der Waals surface area contributed by atoms with Crippen LogP contribution in [0.15, 0.2) is 90.6 Å². The molecule has 0 saturated carbocycles. The number of pyridine rings is 1. The van der Waals surface area contributed by atoms with Crippen LogP contribution in [0.4, 0.5) is 0 Å². The van der Waals surface area contributed by atoms with Gasteiger partial charge < -0.3 is 4.74 Å². The molecule has 0 fully saturated rings. The van der Waals surface area contributed by atoms with Crippen LogP contribution in [0.2, 0.25) is 0 Å². The number of hydrogen-bond donors (Lipinski definition) is 0. The molecule has 6 aromatic rings. The summed E-state index contributed by atoms with van der Waals surface area (Å²) in [6.45, 7) is 34.8. The molecular formula is C51H64N4O. The topological polar surface area (TPSA) is 44.9 Å². The zero-order chi connectivity index (χ0) is 40.7. The molecule has 56 heavy (non-hydrogen) atoms. The molecule has 3 aromatic carbocycles. The van der Waals surface area contributed by atoms with Crippen LogP contribution in [-0.2, 0) is 10.8 Å². The fraction of sp³-hybridized carbons (Fsp3) is 0.451. The molecule has 3 heterocycles. The van der Waals surface area contributed by atoms with E-state index in [0.717, 1.165) is 39.7 Å². The van der Waals surface area contributed by atoms with E-state index in [9.17, 15) is 0 Å². The van der Waals surface area contributed by atoms with Crippen LogP contribution < -0.4 is 4.74 Å². The number of aromatic nitrogens is 4. The normalized spacial score (nSPS) is 18.5. The number of hydrogen-bond acceptors (Lipinski definition) is 3. The number of allylic oxidation sites excluding steroid dienone is 2. The lowest BCUT2D eigenvalue weighted by atomic mass is 9.58. The lowest BCUT2D eigenvalue weighted by molar-refractivity contribution is 0.162. The molecule has 0 bridgehead atoms. The van der Waals surface area contributed by atoms with Crippen LogP contribution >= 0.6 is 0 Å². The summed E-state index contributed by atoms with van der Waals surface area (Å²) in [5.74, 6) is 3.84. The average Bonchev–Trinajstić information content (AvgIpc) is 3.58. The number of ether oxygens (including phenoxy) is 1. The molecule has 1 aliphatic rings. The van der Waals surface area contributed by atoms with Crippen molar-refractivity contribution in [3.8, 4) is 23.0 Å². The molecule has 0 N–H and O–H groups in total. The molecule has 0 amide bonds. The molecule has 5 nitrogen and oxygen atoms in total. The molecule has 5 heteroatoms. The van der Waals surface area contributed by atoms with Gasteiger partial charge in [-0.05, 0) is 107 Å². The molecule has 0 radical (unpaired) electrons. The van der Waals surface area contributed by atoms with Crippen LogP contribution in [0.3, 0.4) is 0 Å². The number of benzene rings is 3. The Hall–Kier alpha value is -4.64. The fourth-order valence-electron chi connectivity index (χ4n) is 9.12. The van der Waals surface area contributed by atoms with E-state index in [1.165, 1.54) is 39.6 Å². The van der Waals surface area contributed by atoms with Crippen molar-refractivity contribution in [3.63, 3.8) is 0 Å². The van der Waals surface area contributed by atoms with Crippen LogP contribution in [0.5, 0.6) is 11.5 Å². The van der Waals surface area contributed by atoms with Crippen molar-refractivity contribution in [2.24, 2.45) is 22.7 Å². The van der Waals surface area contributed by atoms with E-state index in [2.05, 4.69) is 192 Å². The number of nitrogens with zero attached hydrogens (tertiary/aromatic N) is 4. The van der Waals surface area contributed by atoms with Crippen molar-refractivity contribution < 1.29 is 4.74 Å². The van der Waals surface area contributed by atoms with E-state index in [0.29, 0.717) is 17.8 Å². The second kappa shape index (κ2) is 13.8. The molecular weight excluding hydrogens is 685 g/mol. The van der Waals surface area contributed by atoms with E-state index in [-0.39, 0.29) is 21.7 Å². The van der Waals surface area contributed by atoms with Crippen molar-refractivity contribution in [1.29, 1.82) is 0 Å². The van der Waals surface area contributed by atoms with Gasteiger partial charge in [0.05, 0.1) is 22.4 Å². The van der Waals surface area contributed by atoms with Crippen molar-refractivity contribution in [2.45, 2.75) is 127 Å². The second-order valence-corrected chi connectivity index (χ2v) is 20.8. The maximum absolute atomic E-state index is 6.89. The van der Waals surface area contributed by atoms with Crippen LogP contribution in [-0.4, -0.2) is 19.3 Å². The highest BCUT2D eigenvalue weighted by molar-refractivity contribution is 6.09. The Morgan fingerprint density at radius 3 is 2.02 bits per heavy atom. The quantitative estimate of drug-likeness (QED) is 0.165. The third kappa shape index (κ3) is 7.35. The highest BCUT2D eigenvalue weighted by Gasteiger charge is 2.44. The predicted molar refractivity (Wildman–Crippen MR) is 236 cm³/mol. The van der Waals surface area contributed by atoms with Gasteiger partial charge in [0.15, 0.2) is 0 Å². The molecule has 7 rings (SSSR count). The molecule has 1 unspecified atom stereocenters. The summed E-state index contributed by atoms with van der Waals surface area (Å²) >= 11 is 0. The zero-order valence-corrected chi connectivity index (χ0v) is 36.7. The third-order valence-corrected chi connectivity index (χ3v) is 12.2. The van der Waals surface area contributed by atoms with Gasteiger partial charge in [-0.15, -0.1) is 0 Å². The van der Waals surface area contributed by atoms with Crippen LogP contribution in [0.1, 0.15) is 130 Å². The standard InChI is InChI=1S/C51H64N4O/c1-31-24-41(50(10,11)12)47(42(25-31)51(13,14)15)46-32(2)53-55(33(46)3)36-26-35(49(7,8)9)27-38(29-36)56-37-20-21-40-39-18-16-17-19-43(39)54(44(40)30-37)45-28-34(22-23-52-45)48(4,5)6/h16-24,26-31,42,47H,25H2,1-15H3/t31-,42-,47?/m0/s1. The molecule has 3 aromatic heterocycles. The summed E-state index contributed by atoms with van der Waals surface area (Å²) in [5, 5.41) is 7.70. The second-order valence-electron chi connectivity index (χ2n) is 20.8. The minimum atomic E-state index is -0.105. The van der Waals surface area contributed by atoms with Gasteiger partial charge in [-0.25, -0.2) is 9.67 Å². The summed E-state index contributed by atoms with van der Waals surface area (Å²) < 4.78 is 11.4. The molecule has 0 saturated heterocycles. The van der Waals surface area contributed by atoms with Crippen LogP contribution in [0.25, 0.3) is 33.3 Å². The van der Waals surface area contributed by atoms with Crippen molar-refractivity contribution in [3.05, 3.63) is 119 Å². The predicted octanol–water partition coefficient (Wildman–Crippen LogP) is 14.1. The highest BCUT2D eigenvalue weighted by atomic mass is 16.5. The number of rotatable bonds is 5. The Morgan fingerprint density at radius 1 is 0.679 bits per heavy atom.